The molecule has 10 heteroatoms. The molecule has 0 aliphatic rings. The number of benzene rings is 1. The van der Waals surface area contributed by atoms with E-state index in [1.54, 1.807) is 41.2 Å². The third kappa shape index (κ3) is 3.75. The Hall–Kier alpha value is -3.95. The molecule has 3 N–H and O–H groups in total. The number of aryl methyl sites for hydroxylation is 2. The van der Waals surface area contributed by atoms with Crippen LogP contribution in [0, 0.1) is 0 Å². The number of anilines is 2. The molecule has 0 aliphatic heterocycles. The molecule has 2 amide bonds. The first-order valence-electron chi connectivity index (χ1n) is 8.40. The molecule has 0 spiro atoms. The molecule has 1 aromatic carbocycles. The highest BCUT2D eigenvalue weighted by Crippen LogP contribution is 2.18. The number of aromatic nitrogens is 4. The predicted octanol–water partition coefficient (Wildman–Crippen LogP) is 1.84. The molecule has 144 valence electrons. The lowest BCUT2D eigenvalue weighted by atomic mass is 10.2. The lowest BCUT2D eigenvalue weighted by molar-refractivity contribution is 0.0692. The van der Waals surface area contributed by atoms with Crippen LogP contribution in [-0.4, -0.2) is 42.5 Å². The minimum atomic E-state index is -1.24. The number of aromatic carboxylic acids is 1. The normalized spacial score (nSPS) is 10.5. The zero-order chi connectivity index (χ0) is 20.3. The molecule has 28 heavy (non-hydrogen) atoms. The average Bonchev–Trinajstić information content (AvgIpc) is 3.28. The monoisotopic (exact) mass is 382 g/mol. The molecule has 0 saturated heterocycles. The number of hydrogen-bond acceptors (Lipinski definition) is 5. The third-order valence-corrected chi connectivity index (χ3v) is 4.01. The predicted molar refractivity (Wildman–Crippen MR) is 100 cm³/mol. The quantitative estimate of drug-likeness (QED) is 0.596. The van der Waals surface area contributed by atoms with E-state index in [1.165, 1.54) is 11.7 Å². The van der Waals surface area contributed by atoms with Crippen LogP contribution in [0.5, 0.6) is 0 Å². The summed E-state index contributed by atoms with van der Waals surface area (Å²) in [6, 6.07) is 8.14. The zero-order valence-corrected chi connectivity index (χ0v) is 15.2. The molecule has 3 rings (SSSR count). The Bertz CT molecular complexity index is 1050. The minimum Gasteiger partial charge on any atom is -0.478 e. The van der Waals surface area contributed by atoms with E-state index in [4.69, 9.17) is 0 Å². The van der Waals surface area contributed by atoms with Crippen molar-refractivity contribution in [2.45, 2.75) is 13.5 Å². The van der Waals surface area contributed by atoms with Crippen LogP contribution in [0.25, 0.3) is 0 Å². The van der Waals surface area contributed by atoms with Gasteiger partial charge in [-0.1, -0.05) is 6.07 Å². The van der Waals surface area contributed by atoms with Gasteiger partial charge in [0.15, 0.2) is 0 Å². The summed E-state index contributed by atoms with van der Waals surface area (Å²) in [4.78, 5) is 36.1. The van der Waals surface area contributed by atoms with Gasteiger partial charge in [0.05, 0.1) is 6.20 Å². The van der Waals surface area contributed by atoms with E-state index in [0.29, 0.717) is 23.6 Å². The Balaban J connectivity index is 1.77. The summed E-state index contributed by atoms with van der Waals surface area (Å²) in [6.45, 7) is 2.44. The maximum absolute atomic E-state index is 12.5. The number of carbonyl (C=O) groups excluding carboxylic acids is 2. The van der Waals surface area contributed by atoms with Crippen molar-refractivity contribution in [2.75, 3.05) is 10.6 Å². The topological polar surface area (TPSA) is 131 Å². The fourth-order valence-electron chi connectivity index (χ4n) is 2.70. The van der Waals surface area contributed by atoms with Gasteiger partial charge in [-0.15, -0.1) is 0 Å². The first-order chi connectivity index (χ1) is 13.4. The van der Waals surface area contributed by atoms with Crippen LogP contribution in [0.3, 0.4) is 0 Å². The molecule has 0 saturated carbocycles. The maximum atomic E-state index is 12.5. The number of rotatable bonds is 6. The zero-order valence-electron chi connectivity index (χ0n) is 15.2. The molecule has 0 fully saturated rings. The van der Waals surface area contributed by atoms with Gasteiger partial charge in [0, 0.05) is 31.2 Å². The highest BCUT2D eigenvalue weighted by molar-refractivity contribution is 6.10. The number of nitrogens with zero attached hydrogens (tertiary/aromatic N) is 4. The largest absolute Gasteiger partial charge is 0.478 e. The van der Waals surface area contributed by atoms with Crippen molar-refractivity contribution in [1.82, 2.24) is 19.6 Å². The SMILES string of the molecule is CCn1nccc1C(=O)Nc1cccc(NC(=O)c2c(C(=O)O)cnn2C)c1. The number of nitrogens with one attached hydrogen (secondary N) is 2. The molecular formula is C18H18N6O4. The second-order valence-corrected chi connectivity index (χ2v) is 5.86. The standard InChI is InChI=1S/C18H18N6O4/c1-3-24-14(7-8-19-24)16(25)21-11-5-4-6-12(9-11)22-17(26)15-13(18(27)28)10-20-23(15)2/h4-10H,3H2,1-2H3,(H,21,25)(H,22,26)(H,27,28). The average molecular weight is 382 g/mol. The smallest absolute Gasteiger partial charge is 0.339 e. The van der Waals surface area contributed by atoms with Gasteiger partial charge < -0.3 is 15.7 Å². The van der Waals surface area contributed by atoms with Gasteiger partial charge in [0.2, 0.25) is 0 Å². The van der Waals surface area contributed by atoms with Crippen LogP contribution < -0.4 is 10.6 Å². The fraction of sp³-hybridized carbons (Fsp3) is 0.167. The van der Waals surface area contributed by atoms with Gasteiger partial charge >= 0.3 is 5.97 Å². The van der Waals surface area contributed by atoms with E-state index in [-0.39, 0.29) is 17.2 Å². The summed E-state index contributed by atoms with van der Waals surface area (Å²) in [5, 5.41) is 22.4. The lowest BCUT2D eigenvalue weighted by Crippen LogP contribution is -2.20. The molecule has 0 bridgehead atoms. The molecule has 3 aromatic rings. The van der Waals surface area contributed by atoms with Crippen LogP contribution in [0.1, 0.15) is 38.3 Å². The molecule has 0 radical (unpaired) electrons. The van der Waals surface area contributed by atoms with E-state index >= 15 is 0 Å². The molecule has 0 atom stereocenters. The Labute approximate surface area is 159 Å². The maximum Gasteiger partial charge on any atom is 0.339 e. The third-order valence-electron chi connectivity index (χ3n) is 4.01. The minimum absolute atomic E-state index is 0.0752. The fourth-order valence-corrected chi connectivity index (χ4v) is 2.70. The van der Waals surface area contributed by atoms with Crippen molar-refractivity contribution in [1.29, 1.82) is 0 Å². The van der Waals surface area contributed by atoms with Gasteiger partial charge in [0.1, 0.15) is 17.0 Å². The Morgan fingerprint density at radius 1 is 1.07 bits per heavy atom. The van der Waals surface area contributed by atoms with E-state index < -0.39 is 11.9 Å². The Morgan fingerprint density at radius 3 is 2.39 bits per heavy atom. The van der Waals surface area contributed by atoms with Crippen molar-refractivity contribution >= 4 is 29.2 Å². The summed E-state index contributed by atoms with van der Waals surface area (Å²) in [7, 11) is 1.48. The summed E-state index contributed by atoms with van der Waals surface area (Å²) < 4.78 is 2.76. The molecule has 2 aromatic heterocycles. The van der Waals surface area contributed by atoms with Crippen LogP contribution in [0.15, 0.2) is 42.7 Å². The molecule has 0 unspecified atom stereocenters. The summed E-state index contributed by atoms with van der Waals surface area (Å²) in [5.41, 5.74) is 1.00. The number of carboxylic acids is 1. The summed E-state index contributed by atoms with van der Waals surface area (Å²) in [6.07, 6.45) is 2.66. The highest BCUT2D eigenvalue weighted by Gasteiger charge is 2.21. The van der Waals surface area contributed by atoms with Crippen molar-refractivity contribution in [3.8, 4) is 0 Å². The number of carboxylic acid groups (broad SMARTS) is 1. The molecular weight excluding hydrogens is 364 g/mol. The Morgan fingerprint density at radius 2 is 1.75 bits per heavy atom. The van der Waals surface area contributed by atoms with Crippen LogP contribution in [-0.2, 0) is 13.6 Å². The summed E-state index contributed by atoms with van der Waals surface area (Å²) >= 11 is 0. The molecule has 2 heterocycles. The first-order valence-corrected chi connectivity index (χ1v) is 8.40. The van der Waals surface area contributed by atoms with Crippen molar-refractivity contribution in [3.63, 3.8) is 0 Å². The summed E-state index contributed by atoms with van der Waals surface area (Å²) in [5.74, 6) is -2.20. The lowest BCUT2D eigenvalue weighted by Gasteiger charge is -2.10. The van der Waals surface area contributed by atoms with Crippen LogP contribution >= 0.6 is 0 Å². The number of amides is 2. The van der Waals surface area contributed by atoms with E-state index in [2.05, 4.69) is 20.8 Å². The first kappa shape index (κ1) is 18.8. The highest BCUT2D eigenvalue weighted by atomic mass is 16.4. The molecule has 0 aliphatic carbocycles. The van der Waals surface area contributed by atoms with Crippen molar-refractivity contribution in [3.05, 3.63) is 59.7 Å². The van der Waals surface area contributed by atoms with E-state index in [1.807, 2.05) is 6.92 Å². The van der Waals surface area contributed by atoms with Gasteiger partial charge in [-0.2, -0.15) is 10.2 Å². The van der Waals surface area contributed by atoms with Gasteiger partial charge in [0.25, 0.3) is 11.8 Å². The van der Waals surface area contributed by atoms with Crippen molar-refractivity contribution < 1.29 is 19.5 Å². The molecule has 10 nitrogen and oxygen atoms in total. The van der Waals surface area contributed by atoms with E-state index in [0.717, 1.165) is 6.20 Å². The van der Waals surface area contributed by atoms with Crippen molar-refractivity contribution in [2.24, 2.45) is 7.05 Å². The number of hydrogen-bond donors (Lipinski definition) is 3. The second-order valence-electron chi connectivity index (χ2n) is 5.86. The van der Waals surface area contributed by atoms with Crippen LogP contribution in [0.4, 0.5) is 11.4 Å². The Kier molecular flexibility index (Phi) is 5.21. The van der Waals surface area contributed by atoms with Gasteiger partial charge in [-0.3, -0.25) is 19.0 Å². The van der Waals surface area contributed by atoms with E-state index in [9.17, 15) is 19.5 Å². The second kappa shape index (κ2) is 7.74. The number of carbonyl (C=O) groups is 3. The van der Waals surface area contributed by atoms with Gasteiger partial charge in [-0.25, -0.2) is 4.79 Å². The van der Waals surface area contributed by atoms with Crippen LogP contribution in [0.2, 0.25) is 0 Å². The van der Waals surface area contributed by atoms with Gasteiger partial charge in [-0.05, 0) is 31.2 Å².